The Balaban J connectivity index is 1.70. The highest BCUT2D eigenvalue weighted by molar-refractivity contribution is 6.03. The summed E-state index contributed by atoms with van der Waals surface area (Å²) in [7, 11) is 3.07. The van der Waals surface area contributed by atoms with E-state index in [4.69, 9.17) is 9.47 Å². The molecule has 0 bridgehead atoms. The maximum Gasteiger partial charge on any atom is 0.248 e. The molecule has 2 N–H and O–H groups in total. The van der Waals surface area contributed by atoms with Gasteiger partial charge in [0.1, 0.15) is 17.5 Å². The van der Waals surface area contributed by atoms with Crippen LogP contribution in [0.3, 0.4) is 0 Å². The van der Waals surface area contributed by atoms with Crippen LogP contribution in [0.1, 0.15) is 12.5 Å². The van der Waals surface area contributed by atoms with Crippen LogP contribution in [0.25, 0.3) is 11.0 Å². The van der Waals surface area contributed by atoms with Gasteiger partial charge in [-0.2, -0.15) is 0 Å². The molecule has 1 atom stereocenters. The van der Waals surface area contributed by atoms with Gasteiger partial charge in [-0.25, -0.2) is 4.98 Å². The van der Waals surface area contributed by atoms with E-state index in [1.54, 1.807) is 22.8 Å². The topological polar surface area (TPSA) is 94.5 Å². The Kier molecular flexibility index (Phi) is 4.15. The van der Waals surface area contributed by atoms with Crippen LogP contribution in [0.15, 0.2) is 42.5 Å². The van der Waals surface area contributed by atoms with E-state index in [1.807, 2.05) is 24.3 Å². The first-order chi connectivity index (χ1) is 13.1. The van der Waals surface area contributed by atoms with Gasteiger partial charge in [-0.15, -0.1) is 0 Å². The van der Waals surface area contributed by atoms with Gasteiger partial charge in [0, 0.05) is 23.9 Å². The first-order valence-corrected chi connectivity index (χ1v) is 8.40. The third-order valence-corrected chi connectivity index (χ3v) is 4.46. The van der Waals surface area contributed by atoms with Gasteiger partial charge in [-0.3, -0.25) is 19.5 Å². The molecule has 2 amide bonds. The number of fused-ring (bicyclic) bond motifs is 3. The van der Waals surface area contributed by atoms with Crippen LogP contribution in [-0.2, 0) is 9.59 Å². The van der Waals surface area contributed by atoms with Crippen LogP contribution in [0.2, 0.25) is 0 Å². The van der Waals surface area contributed by atoms with E-state index in [9.17, 15) is 9.59 Å². The number of hydrogen-bond donors (Lipinski definition) is 2. The number of ether oxygens (including phenoxy) is 2. The van der Waals surface area contributed by atoms with Gasteiger partial charge < -0.3 is 14.8 Å². The highest BCUT2D eigenvalue weighted by Crippen LogP contribution is 2.32. The Labute approximate surface area is 155 Å². The number of rotatable bonds is 4. The zero-order chi connectivity index (χ0) is 19.0. The molecule has 0 saturated carbocycles. The van der Waals surface area contributed by atoms with E-state index in [0.717, 1.165) is 11.0 Å². The second-order valence-corrected chi connectivity index (χ2v) is 6.15. The number of amides is 2. The van der Waals surface area contributed by atoms with Crippen molar-refractivity contribution in [2.75, 3.05) is 24.9 Å². The molecule has 0 radical (unpaired) electrons. The predicted molar refractivity (Wildman–Crippen MR) is 100 cm³/mol. The van der Waals surface area contributed by atoms with Crippen LogP contribution in [-0.4, -0.2) is 35.6 Å². The molecule has 27 heavy (non-hydrogen) atoms. The van der Waals surface area contributed by atoms with Gasteiger partial charge in [-0.05, 0) is 12.1 Å². The number of methoxy groups -OCH3 is 2. The Bertz CT molecular complexity index is 1020. The standard InChI is InChI=1S/C19H18N4O4/c1-26-12-7-11(8-13(9-12)27-2)20-18(25)16-10-17(24)22-19-21-14-5-3-4-6-15(14)23(16)19/h3-9,16H,10H2,1-2H3,(H,20,25)(H,21,22,24)/t16-/m0/s1. The van der Waals surface area contributed by atoms with E-state index in [0.29, 0.717) is 23.1 Å². The molecule has 8 nitrogen and oxygen atoms in total. The molecular weight excluding hydrogens is 348 g/mol. The zero-order valence-electron chi connectivity index (χ0n) is 14.9. The number of nitrogens with zero attached hydrogens (tertiary/aromatic N) is 2. The summed E-state index contributed by atoms with van der Waals surface area (Å²) in [5.74, 6) is 0.918. The molecule has 0 fully saturated rings. The van der Waals surface area contributed by atoms with Crippen LogP contribution in [0.5, 0.6) is 11.5 Å². The van der Waals surface area contributed by atoms with Crippen molar-refractivity contribution in [1.29, 1.82) is 0 Å². The van der Waals surface area contributed by atoms with Crippen molar-refractivity contribution >= 4 is 34.5 Å². The summed E-state index contributed by atoms with van der Waals surface area (Å²) in [6.07, 6.45) is 0.0281. The SMILES string of the molecule is COc1cc(NC(=O)[C@@H]2CC(=O)Nc3nc4ccccc4n32)cc(OC)c1. The number of carbonyl (C=O) groups is 2. The number of hydrogen-bond acceptors (Lipinski definition) is 5. The van der Waals surface area contributed by atoms with Gasteiger partial charge in [0.2, 0.25) is 17.8 Å². The second-order valence-electron chi connectivity index (χ2n) is 6.15. The van der Waals surface area contributed by atoms with Crippen molar-refractivity contribution in [3.8, 4) is 11.5 Å². The van der Waals surface area contributed by atoms with E-state index < -0.39 is 6.04 Å². The lowest BCUT2D eigenvalue weighted by Gasteiger charge is -2.25. The fraction of sp³-hybridized carbons (Fsp3) is 0.211. The average Bonchev–Trinajstić information content (AvgIpc) is 3.04. The minimum Gasteiger partial charge on any atom is -0.497 e. The van der Waals surface area contributed by atoms with Crippen molar-refractivity contribution in [3.63, 3.8) is 0 Å². The van der Waals surface area contributed by atoms with Crippen molar-refractivity contribution in [2.45, 2.75) is 12.5 Å². The van der Waals surface area contributed by atoms with Crippen molar-refractivity contribution in [3.05, 3.63) is 42.5 Å². The second kappa shape index (κ2) is 6.64. The van der Waals surface area contributed by atoms with E-state index in [-0.39, 0.29) is 18.2 Å². The summed E-state index contributed by atoms with van der Waals surface area (Å²) in [6, 6.07) is 11.8. The summed E-state index contributed by atoms with van der Waals surface area (Å²) < 4.78 is 12.2. The van der Waals surface area contributed by atoms with E-state index >= 15 is 0 Å². The van der Waals surface area contributed by atoms with Crippen molar-refractivity contribution in [1.82, 2.24) is 9.55 Å². The Hall–Kier alpha value is -3.55. The Morgan fingerprint density at radius 3 is 2.59 bits per heavy atom. The molecule has 0 aliphatic carbocycles. The minimum atomic E-state index is -0.710. The number of carbonyl (C=O) groups excluding carboxylic acids is 2. The van der Waals surface area contributed by atoms with Crippen LogP contribution >= 0.6 is 0 Å². The largest absolute Gasteiger partial charge is 0.497 e. The van der Waals surface area contributed by atoms with Crippen LogP contribution in [0, 0.1) is 0 Å². The van der Waals surface area contributed by atoms with E-state index in [2.05, 4.69) is 15.6 Å². The number of benzene rings is 2. The van der Waals surface area contributed by atoms with Gasteiger partial charge in [-0.1, -0.05) is 12.1 Å². The van der Waals surface area contributed by atoms with Crippen molar-refractivity contribution in [2.24, 2.45) is 0 Å². The smallest absolute Gasteiger partial charge is 0.248 e. The molecule has 1 aliphatic heterocycles. The van der Waals surface area contributed by atoms with Gasteiger partial charge in [0.15, 0.2) is 0 Å². The summed E-state index contributed by atoms with van der Waals surface area (Å²) >= 11 is 0. The molecule has 0 spiro atoms. The summed E-state index contributed by atoms with van der Waals surface area (Å²) in [6.45, 7) is 0. The van der Waals surface area contributed by atoms with Gasteiger partial charge in [0.25, 0.3) is 0 Å². The molecule has 8 heteroatoms. The number of anilines is 2. The first kappa shape index (κ1) is 16.9. The normalized spacial score (nSPS) is 15.8. The van der Waals surface area contributed by atoms with Gasteiger partial charge in [0.05, 0.1) is 31.7 Å². The third kappa shape index (κ3) is 3.05. The highest BCUT2D eigenvalue weighted by atomic mass is 16.5. The lowest BCUT2D eigenvalue weighted by atomic mass is 10.1. The monoisotopic (exact) mass is 366 g/mol. The predicted octanol–water partition coefficient (Wildman–Crippen LogP) is 2.58. The molecule has 2 heterocycles. The maximum absolute atomic E-state index is 13.0. The number of para-hydroxylation sites is 2. The third-order valence-electron chi connectivity index (χ3n) is 4.46. The van der Waals surface area contributed by atoms with Crippen LogP contribution in [0.4, 0.5) is 11.6 Å². The van der Waals surface area contributed by atoms with Gasteiger partial charge >= 0.3 is 0 Å². The maximum atomic E-state index is 13.0. The molecule has 0 unspecified atom stereocenters. The molecule has 2 aromatic carbocycles. The Morgan fingerprint density at radius 2 is 1.89 bits per heavy atom. The molecule has 138 valence electrons. The van der Waals surface area contributed by atoms with Crippen molar-refractivity contribution < 1.29 is 19.1 Å². The summed E-state index contributed by atoms with van der Waals surface area (Å²) in [5.41, 5.74) is 2.03. The Morgan fingerprint density at radius 1 is 1.19 bits per heavy atom. The number of nitrogens with one attached hydrogen (secondary N) is 2. The fourth-order valence-corrected chi connectivity index (χ4v) is 3.21. The minimum absolute atomic E-state index is 0.0281. The number of aromatic nitrogens is 2. The molecule has 0 saturated heterocycles. The molecule has 3 aromatic rings. The highest BCUT2D eigenvalue weighted by Gasteiger charge is 2.32. The van der Waals surface area contributed by atoms with E-state index in [1.165, 1.54) is 14.2 Å². The zero-order valence-corrected chi connectivity index (χ0v) is 14.9. The summed E-state index contributed by atoms with van der Waals surface area (Å²) in [5, 5.41) is 5.58. The lowest BCUT2D eigenvalue weighted by Crippen LogP contribution is -2.35. The quantitative estimate of drug-likeness (QED) is 0.740. The molecule has 1 aliphatic rings. The number of imidazole rings is 1. The summed E-state index contributed by atoms with van der Waals surface area (Å²) in [4.78, 5) is 29.5. The lowest BCUT2D eigenvalue weighted by molar-refractivity contribution is -0.124. The molecule has 4 rings (SSSR count). The first-order valence-electron chi connectivity index (χ1n) is 8.40. The fourth-order valence-electron chi connectivity index (χ4n) is 3.21. The molecular formula is C19H18N4O4. The van der Waals surface area contributed by atoms with Crippen LogP contribution < -0.4 is 20.1 Å². The average molecular weight is 366 g/mol. The molecule has 1 aromatic heterocycles.